The summed E-state index contributed by atoms with van der Waals surface area (Å²) in [6.45, 7) is 1.82. The van der Waals surface area contributed by atoms with Gasteiger partial charge in [-0.1, -0.05) is 22.6 Å². The lowest BCUT2D eigenvalue weighted by Gasteiger charge is -2.27. The van der Waals surface area contributed by atoms with Crippen LogP contribution in [-0.2, 0) is 19.2 Å². The Morgan fingerprint density at radius 2 is 2.06 bits per heavy atom. The highest BCUT2D eigenvalue weighted by molar-refractivity contribution is 14.1. The van der Waals surface area contributed by atoms with Crippen LogP contribution in [0.1, 0.15) is 12.8 Å². The molecule has 94 valence electrons. The van der Waals surface area contributed by atoms with E-state index in [4.69, 9.17) is 9.47 Å². The van der Waals surface area contributed by atoms with Crippen molar-refractivity contribution in [1.29, 1.82) is 0 Å². The molecule has 16 heavy (non-hydrogen) atoms. The molecule has 2 unspecified atom stereocenters. The van der Waals surface area contributed by atoms with Gasteiger partial charge in [-0.2, -0.15) is 0 Å². The summed E-state index contributed by atoms with van der Waals surface area (Å²) in [6.07, 6.45) is 2.44. The molecule has 0 N–H and O–H groups in total. The molecule has 6 heteroatoms. The summed E-state index contributed by atoms with van der Waals surface area (Å²) in [5.74, 6) is 1.19. The molecule has 4 nitrogen and oxygen atoms in total. The Labute approximate surface area is 111 Å². The molecule has 0 spiro atoms. The first-order valence-electron chi connectivity index (χ1n) is 5.69. The molecule has 0 radical (unpaired) electrons. The van der Waals surface area contributed by atoms with E-state index in [0.29, 0.717) is 37.4 Å². The summed E-state index contributed by atoms with van der Waals surface area (Å²) in [5, 5.41) is 0. The van der Waals surface area contributed by atoms with Crippen molar-refractivity contribution in [3.05, 3.63) is 0 Å². The Bertz CT molecular complexity index is 321. The zero-order chi connectivity index (χ0) is 11.4. The highest BCUT2D eigenvalue weighted by Gasteiger charge is 2.23. The SMILES string of the molecule is O=S1(=NC2CCC(CI)OC2)CCOCC1. The average Bonchev–Trinajstić information content (AvgIpc) is 2.30. The fourth-order valence-corrected chi connectivity index (χ4v) is 4.53. The molecule has 2 heterocycles. The Morgan fingerprint density at radius 1 is 1.31 bits per heavy atom. The maximum Gasteiger partial charge on any atom is 0.0828 e. The van der Waals surface area contributed by atoms with E-state index in [1.165, 1.54) is 0 Å². The summed E-state index contributed by atoms with van der Waals surface area (Å²) < 4.78 is 28.8. The minimum absolute atomic E-state index is 0.143. The molecule has 2 aliphatic rings. The van der Waals surface area contributed by atoms with E-state index < -0.39 is 9.73 Å². The first-order chi connectivity index (χ1) is 7.72. The van der Waals surface area contributed by atoms with Gasteiger partial charge in [0, 0.05) is 4.43 Å². The molecule has 0 aromatic carbocycles. The maximum absolute atomic E-state index is 12.3. The molecule has 0 amide bonds. The highest BCUT2D eigenvalue weighted by Crippen LogP contribution is 2.19. The van der Waals surface area contributed by atoms with Crippen LogP contribution in [0.4, 0.5) is 0 Å². The van der Waals surface area contributed by atoms with Crippen molar-refractivity contribution in [3.63, 3.8) is 0 Å². The fraction of sp³-hybridized carbons (Fsp3) is 1.00. The summed E-state index contributed by atoms with van der Waals surface area (Å²) in [7, 11) is -2.00. The number of hydrogen-bond donors (Lipinski definition) is 0. The van der Waals surface area contributed by atoms with Crippen LogP contribution in [-0.4, -0.2) is 52.1 Å². The van der Waals surface area contributed by atoms with Crippen LogP contribution in [0.3, 0.4) is 0 Å². The zero-order valence-corrected chi connectivity index (χ0v) is 12.2. The lowest BCUT2D eigenvalue weighted by molar-refractivity contribution is 0.0226. The molecule has 2 fully saturated rings. The van der Waals surface area contributed by atoms with E-state index in [-0.39, 0.29) is 6.04 Å². The van der Waals surface area contributed by atoms with E-state index in [2.05, 4.69) is 27.0 Å². The van der Waals surface area contributed by atoms with Crippen LogP contribution in [0.5, 0.6) is 0 Å². The topological polar surface area (TPSA) is 47.9 Å². The van der Waals surface area contributed by atoms with Gasteiger partial charge < -0.3 is 9.47 Å². The molecule has 2 aliphatic heterocycles. The van der Waals surface area contributed by atoms with Crippen molar-refractivity contribution in [3.8, 4) is 0 Å². The number of ether oxygens (including phenoxy) is 2. The van der Waals surface area contributed by atoms with Crippen molar-refractivity contribution in [2.75, 3.05) is 35.8 Å². The molecule has 2 atom stereocenters. The van der Waals surface area contributed by atoms with Gasteiger partial charge in [0.2, 0.25) is 0 Å². The summed E-state index contributed by atoms with van der Waals surface area (Å²) in [6, 6.07) is 0.143. The second-order valence-electron chi connectivity index (χ2n) is 4.24. The van der Waals surface area contributed by atoms with Crippen LogP contribution in [0, 0.1) is 0 Å². The third-order valence-electron chi connectivity index (χ3n) is 2.95. The van der Waals surface area contributed by atoms with Gasteiger partial charge in [-0.3, -0.25) is 0 Å². The van der Waals surface area contributed by atoms with Crippen LogP contribution < -0.4 is 0 Å². The van der Waals surface area contributed by atoms with Crippen molar-refractivity contribution in [2.24, 2.45) is 4.36 Å². The fourth-order valence-electron chi connectivity index (χ4n) is 1.96. The largest absolute Gasteiger partial charge is 0.379 e. The first-order valence-corrected chi connectivity index (χ1v) is 9.07. The second kappa shape index (κ2) is 5.97. The van der Waals surface area contributed by atoms with Crippen molar-refractivity contribution in [2.45, 2.75) is 25.0 Å². The Kier molecular flexibility index (Phi) is 4.87. The van der Waals surface area contributed by atoms with Crippen molar-refractivity contribution in [1.82, 2.24) is 0 Å². The quantitative estimate of drug-likeness (QED) is 0.554. The third kappa shape index (κ3) is 3.54. The van der Waals surface area contributed by atoms with E-state index in [1.807, 2.05) is 0 Å². The highest BCUT2D eigenvalue weighted by atomic mass is 127. The number of rotatable bonds is 2. The van der Waals surface area contributed by atoms with Gasteiger partial charge >= 0.3 is 0 Å². The number of alkyl halides is 1. The Morgan fingerprint density at radius 3 is 2.62 bits per heavy atom. The van der Waals surface area contributed by atoms with Crippen LogP contribution in [0.2, 0.25) is 0 Å². The van der Waals surface area contributed by atoms with Crippen LogP contribution in [0.25, 0.3) is 0 Å². The number of nitrogens with zero attached hydrogens (tertiary/aromatic N) is 1. The molecule has 0 aromatic rings. The van der Waals surface area contributed by atoms with Gasteiger partial charge in [0.25, 0.3) is 0 Å². The van der Waals surface area contributed by atoms with Gasteiger partial charge in [0.15, 0.2) is 0 Å². The molecule has 0 aliphatic carbocycles. The molecular formula is C10H18INO3S. The predicted octanol–water partition coefficient (Wildman–Crippen LogP) is 1.47. The monoisotopic (exact) mass is 359 g/mol. The summed E-state index contributed by atoms with van der Waals surface area (Å²) in [4.78, 5) is 0. The Hall–Kier alpha value is 0.600. The first kappa shape index (κ1) is 13.0. The normalized spacial score (nSPS) is 34.6. The van der Waals surface area contributed by atoms with Crippen LogP contribution >= 0.6 is 22.6 Å². The zero-order valence-electron chi connectivity index (χ0n) is 9.27. The smallest absolute Gasteiger partial charge is 0.0828 e. The van der Waals surface area contributed by atoms with Gasteiger partial charge in [0.1, 0.15) is 0 Å². The number of hydrogen-bond acceptors (Lipinski definition) is 4. The predicted molar refractivity (Wildman–Crippen MR) is 72.8 cm³/mol. The molecular weight excluding hydrogens is 341 g/mol. The van der Waals surface area contributed by atoms with Crippen LogP contribution in [0.15, 0.2) is 4.36 Å². The lowest BCUT2D eigenvalue weighted by atomic mass is 10.1. The molecule has 0 bridgehead atoms. The van der Waals surface area contributed by atoms with E-state index >= 15 is 0 Å². The third-order valence-corrected chi connectivity index (χ3v) is 6.23. The van der Waals surface area contributed by atoms with Gasteiger partial charge in [0.05, 0.1) is 53.2 Å². The average molecular weight is 359 g/mol. The summed E-state index contributed by atoms with van der Waals surface area (Å²) in [5.41, 5.74) is 0. The van der Waals surface area contributed by atoms with Crippen molar-refractivity contribution >= 4 is 32.3 Å². The summed E-state index contributed by atoms with van der Waals surface area (Å²) >= 11 is 2.34. The molecule has 0 saturated carbocycles. The standard InChI is InChI=1S/C10H18INO3S/c11-7-10-2-1-9(8-15-10)12-16(13)5-3-14-4-6-16/h9-10H,1-8H2. The van der Waals surface area contributed by atoms with E-state index in [1.54, 1.807) is 0 Å². The van der Waals surface area contributed by atoms with Gasteiger partial charge in [-0.15, -0.1) is 0 Å². The molecule has 2 rings (SSSR count). The van der Waals surface area contributed by atoms with Gasteiger partial charge in [-0.25, -0.2) is 8.57 Å². The maximum atomic E-state index is 12.3. The molecule has 2 saturated heterocycles. The van der Waals surface area contributed by atoms with Crippen molar-refractivity contribution < 1.29 is 13.7 Å². The lowest BCUT2D eigenvalue weighted by Crippen LogP contribution is -2.32. The molecule has 0 aromatic heterocycles. The minimum atomic E-state index is -2.00. The number of halogens is 1. The van der Waals surface area contributed by atoms with E-state index in [9.17, 15) is 4.21 Å². The second-order valence-corrected chi connectivity index (χ2v) is 7.69. The van der Waals surface area contributed by atoms with Gasteiger partial charge in [-0.05, 0) is 12.8 Å². The van der Waals surface area contributed by atoms with E-state index in [0.717, 1.165) is 17.3 Å². The minimum Gasteiger partial charge on any atom is -0.379 e. The Balaban J connectivity index is 1.94.